The average Bonchev–Trinajstić information content (AvgIpc) is 2.92. The number of carbonyl (C=O) groups is 2. The van der Waals surface area contributed by atoms with Crippen LogP contribution in [0.4, 0.5) is 0 Å². The van der Waals surface area contributed by atoms with Crippen LogP contribution in [0, 0.1) is 0 Å². The minimum Gasteiger partial charge on any atom is -0.466 e. The molecule has 0 radical (unpaired) electrons. The van der Waals surface area contributed by atoms with E-state index >= 15 is 0 Å². The highest BCUT2D eigenvalue weighted by Crippen LogP contribution is 2.42. The summed E-state index contributed by atoms with van der Waals surface area (Å²) in [5.74, 6) is 0.542. The second kappa shape index (κ2) is 5.69. The highest BCUT2D eigenvalue weighted by Gasteiger charge is 2.40. The van der Waals surface area contributed by atoms with Crippen LogP contribution >= 0.6 is 11.8 Å². The van der Waals surface area contributed by atoms with Gasteiger partial charge in [0.05, 0.1) is 11.5 Å². The topological polar surface area (TPSA) is 62.6 Å². The van der Waals surface area contributed by atoms with Crippen LogP contribution in [0.15, 0.2) is 22.8 Å². The molecular formula is C13H18N2O3S. The first-order chi connectivity index (χ1) is 8.99. The lowest BCUT2D eigenvalue weighted by atomic mass is 10.3. The van der Waals surface area contributed by atoms with Gasteiger partial charge in [-0.05, 0) is 32.9 Å². The first-order valence-electron chi connectivity index (χ1n) is 6.27. The zero-order valence-corrected chi connectivity index (χ0v) is 12.1. The van der Waals surface area contributed by atoms with E-state index in [0.29, 0.717) is 5.76 Å². The molecule has 0 bridgehead atoms. The van der Waals surface area contributed by atoms with Gasteiger partial charge in [-0.15, -0.1) is 11.8 Å². The summed E-state index contributed by atoms with van der Waals surface area (Å²) in [6, 6.07) is 3.68. The molecular weight excluding hydrogens is 264 g/mol. The molecule has 1 saturated heterocycles. The zero-order chi connectivity index (χ0) is 14.0. The van der Waals surface area contributed by atoms with Crippen molar-refractivity contribution in [1.82, 2.24) is 10.2 Å². The summed E-state index contributed by atoms with van der Waals surface area (Å²) >= 11 is 1.50. The third-order valence-corrected chi connectivity index (χ3v) is 4.15. The number of rotatable bonds is 4. The molecule has 1 N–H and O–H groups in total. The quantitative estimate of drug-likeness (QED) is 0.914. The summed E-state index contributed by atoms with van der Waals surface area (Å²) in [5, 5.41) is 2.43. The Morgan fingerprint density at radius 3 is 2.89 bits per heavy atom. The van der Waals surface area contributed by atoms with Crippen LogP contribution in [0.3, 0.4) is 0 Å². The fourth-order valence-electron chi connectivity index (χ4n) is 2.01. The van der Waals surface area contributed by atoms with E-state index in [4.69, 9.17) is 4.42 Å². The van der Waals surface area contributed by atoms with Gasteiger partial charge in [-0.2, -0.15) is 0 Å². The van der Waals surface area contributed by atoms with Gasteiger partial charge in [0.1, 0.15) is 17.7 Å². The summed E-state index contributed by atoms with van der Waals surface area (Å²) in [6.45, 7) is 5.71. The number of furan rings is 1. The van der Waals surface area contributed by atoms with E-state index in [9.17, 15) is 9.59 Å². The van der Waals surface area contributed by atoms with Gasteiger partial charge in [-0.25, -0.2) is 0 Å². The maximum Gasteiger partial charge on any atom is 0.239 e. The summed E-state index contributed by atoms with van der Waals surface area (Å²) in [4.78, 5) is 25.5. The molecule has 1 aliphatic heterocycles. The molecule has 1 aliphatic rings. The largest absolute Gasteiger partial charge is 0.466 e. The summed E-state index contributed by atoms with van der Waals surface area (Å²) in [5.41, 5.74) is 0. The van der Waals surface area contributed by atoms with Crippen LogP contribution < -0.4 is 5.32 Å². The Balaban J connectivity index is 2.11. The van der Waals surface area contributed by atoms with Crippen LogP contribution in [-0.4, -0.2) is 34.6 Å². The Morgan fingerprint density at radius 2 is 2.32 bits per heavy atom. The molecule has 1 fully saturated rings. The van der Waals surface area contributed by atoms with E-state index in [1.54, 1.807) is 17.2 Å². The van der Waals surface area contributed by atoms with Crippen molar-refractivity contribution >= 4 is 23.6 Å². The number of thioether (sulfide) groups is 1. The number of amides is 2. The van der Waals surface area contributed by atoms with Crippen molar-refractivity contribution in [2.24, 2.45) is 0 Å². The minimum absolute atomic E-state index is 0.0229. The van der Waals surface area contributed by atoms with Crippen LogP contribution in [0.5, 0.6) is 0 Å². The smallest absolute Gasteiger partial charge is 0.239 e. The lowest BCUT2D eigenvalue weighted by Gasteiger charge is -2.22. The molecule has 2 amide bonds. The molecule has 104 valence electrons. The first kappa shape index (κ1) is 14.0. The SMILES string of the molecule is CC(C)NC(=O)CN1C(=O)[C@H](C)S[C@H]1c1ccco1. The van der Waals surface area contributed by atoms with E-state index < -0.39 is 0 Å². The maximum absolute atomic E-state index is 12.1. The monoisotopic (exact) mass is 282 g/mol. The van der Waals surface area contributed by atoms with E-state index in [2.05, 4.69) is 5.32 Å². The van der Waals surface area contributed by atoms with Gasteiger partial charge < -0.3 is 14.6 Å². The number of hydrogen-bond acceptors (Lipinski definition) is 4. The number of nitrogens with zero attached hydrogens (tertiary/aromatic N) is 1. The standard InChI is InChI=1S/C13H18N2O3S/c1-8(2)14-11(16)7-15-12(17)9(3)19-13(15)10-5-4-6-18-10/h4-6,8-9,13H,7H2,1-3H3,(H,14,16)/t9-,13-/m0/s1. The lowest BCUT2D eigenvalue weighted by molar-refractivity contribution is -0.135. The van der Waals surface area contributed by atoms with Crippen molar-refractivity contribution in [1.29, 1.82) is 0 Å². The van der Waals surface area contributed by atoms with Crippen LogP contribution in [0.2, 0.25) is 0 Å². The summed E-state index contributed by atoms with van der Waals surface area (Å²) in [6.07, 6.45) is 1.58. The molecule has 19 heavy (non-hydrogen) atoms. The van der Waals surface area contributed by atoms with Crippen molar-refractivity contribution < 1.29 is 14.0 Å². The zero-order valence-electron chi connectivity index (χ0n) is 11.3. The number of hydrogen-bond donors (Lipinski definition) is 1. The van der Waals surface area contributed by atoms with Gasteiger partial charge in [-0.1, -0.05) is 0 Å². The summed E-state index contributed by atoms with van der Waals surface area (Å²) < 4.78 is 5.36. The van der Waals surface area contributed by atoms with Crippen molar-refractivity contribution in [2.45, 2.75) is 37.4 Å². The van der Waals surface area contributed by atoms with E-state index in [0.717, 1.165) is 0 Å². The summed E-state index contributed by atoms with van der Waals surface area (Å²) in [7, 11) is 0. The Hall–Kier alpha value is -1.43. The van der Waals surface area contributed by atoms with Crippen molar-refractivity contribution in [3.8, 4) is 0 Å². The third kappa shape index (κ3) is 3.12. The Kier molecular flexibility index (Phi) is 4.19. The van der Waals surface area contributed by atoms with Crippen molar-refractivity contribution in [2.75, 3.05) is 6.54 Å². The van der Waals surface area contributed by atoms with Gasteiger partial charge >= 0.3 is 0 Å². The van der Waals surface area contributed by atoms with E-state index in [1.165, 1.54) is 11.8 Å². The van der Waals surface area contributed by atoms with E-state index in [1.807, 2.05) is 26.8 Å². The van der Waals surface area contributed by atoms with Gasteiger partial charge in [0.15, 0.2) is 0 Å². The van der Waals surface area contributed by atoms with Crippen LogP contribution in [0.25, 0.3) is 0 Å². The van der Waals surface area contributed by atoms with Crippen LogP contribution in [-0.2, 0) is 9.59 Å². The number of nitrogens with one attached hydrogen (secondary N) is 1. The van der Waals surface area contributed by atoms with Gasteiger partial charge in [0, 0.05) is 6.04 Å². The predicted octanol–water partition coefficient (Wildman–Crippen LogP) is 1.77. The molecule has 0 aliphatic carbocycles. The van der Waals surface area contributed by atoms with Crippen molar-refractivity contribution in [3.63, 3.8) is 0 Å². The van der Waals surface area contributed by atoms with Crippen LogP contribution in [0.1, 0.15) is 31.9 Å². The Morgan fingerprint density at radius 1 is 1.58 bits per heavy atom. The molecule has 2 rings (SSSR count). The molecule has 0 aromatic carbocycles. The third-order valence-electron chi connectivity index (χ3n) is 2.80. The molecule has 0 saturated carbocycles. The fraction of sp³-hybridized carbons (Fsp3) is 0.538. The molecule has 1 aromatic heterocycles. The van der Waals surface area contributed by atoms with Gasteiger partial charge in [0.25, 0.3) is 0 Å². The van der Waals surface area contributed by atoms with Gasteiger partial charge in [-0.3, -0.25) is 9.59 Å². The second-order valence-electron chi connectivity index (χ2n) is 4.83. The fourth-order valence-corrected chi connectivity index (χ4v) is 3.24. The normalized spacial score (nSPS) is 23.2. The van der Waals surface area contributed by atoms with Gasteiger partial charge in [0.2, 0.25) is 11.8 Å². The second-order valence-corrected chi connectivity index (χ2v) is 6.26. The first-order valence-corrected chi connectivity index (χ1v) is 7.22. The molecule has 5 nitrogen and oxygen atoms in total. The molecule has 6 heteroatoms. The molecule has 2 heterocycles. The maximum atomic E-state index is 12.1. The predicted molar refractivity (Wildman–Crippen MR) is 73.5 cm³/mol. The molecule has 2 atom stereocenters. The average molecular weight is 282 g/mol. The highest BCUT2D eigenvalue weighted by atomic mass is 32.2. The molecule has 0 spiro atoms. The Labute approximate surface area is 116 Å². The Bertz CT molecular complexity index is 458. The van der Waals surface area contributed by atoms with E-state index in [-0.39, 0.29) is 35.0 Å². The van der Waals surface area contributed by atoms with Crippen molar-refractivity contribution in [3.05, 3.63) is 24.2 Å². The number of carbonyl (C=O) groups excluding carboxylic acids is 2. The molecule has 0 unspecified atom stereocenters. The lowest BCUT2D eigenvalue weighted by Crippen LogP contribution is -2.42. The minimum atomic E-state index is -0.213. The molecule has 1 aromatic rings. The highest BCUT2D eigenvalue weighted by molar-refractivity contribution is 8.01.